The molecule has 0 aliphatic heterocycles. The Morgan fingerprint density at radius 3 is 2.43 bits per heavy atom. The van der Waals surface area contributed by atoms with Crippen LogP contribution in [0.2, 0.25) is 0 Å². The van der Waals surface area contributed by atoms with Gasteiger partial charge in [-0.1, -0.05) is 23.4 Å². The molecule has 4 rings (SSSR count). The Morgan fingerprint density at radius 2 is 1.79 bits per heavy atom. The molecular formula is C22H16FNO3S. The first-order chi connectivity index (χ1) is 13.4. The lowest BCUT2D eigenvalue weighted by atomic mass is 9.97. The van der Waals surface area contributed by atoms with E-state index in [0.29, 0.717) is 17.0 Å². The molecule has 140 valence electrons. The Hall–Kier alpha value is -3.25. The molecule has 0 saturated heterocycles. The van der Waals surface area contributed by atoms with Gasteiger partial charge in [0.2, 0.25) is 0 Å². The van der Waals surface area contributed by atoms with Gasteiger partial charge < -0.3 is 9.63 Å². The van der Waals surface area contributed by atoms with Gasteiger partial charge in [-0.25, -0.2) is 9.18 Å². The number of carboxylic acid groups (broad SMARTS) is 1. The van der Waals surface area contributed by atoms with Gasteiger partial charge in [0.1, 0.15) is 11.5 Å². The highest BCUT2D eigenvalue weighted by Crippen LogP contribution is 2.33. The topological polar surface area (TPSA) is 63.3 Å². The van der Waals surface area contributed by atoms with E-state index in [4.69, 9.17) is 9.63 Å². The first-order valence-electron chi connectivity index (χ1n) is 8.58. The van der Waals surface area contributed by atoms with Crippen LogP contribution < -0.4 is 0 Å². The minimum atomic E-state index is -1.30. The highest BCUT2D eigenvalue weighted by atomic mass is 32.1. The van der Waals surface area contributed by atoms with Gasteiger partial charge in [0, 0.05) is 17.2 Å². The summed E-state index contributed by atoms with van der Waals surface area (Å²) in [6.07, 6.45) is 0. The molecular weight excluding hydrogens is 377 g/mol. The van der Waals surface area contributed by atoms with Crippen LogP contribution in [0.25, 0.3) is 33.7 Å². The zero-order valence-corrected chi connectivity index (χ0v) is 16.0. The summed E-state index contributed by atoms with van der Waals surface area (Å²) in [5.41, 5.74) is 6.16. The van der Waals surface area contributed by atoms with Crippen molar-refractivity contribution in [1.29, 1.82) is 0 Å². The number of carbonyl (C=O) groups is 1. The molecule has 0 saturated carbocycles. The number of thiophene rings is 1. The van der Waals surface area contributed by atoms with Crippen LogP contribution >= 0.6 is 11.3 Å². The van der Waals surface area contributed by atoms with Gasteiger partial charge in [0.15, 0.2) is 5.76 Å². The Morgan fingerprint density at radius 1 is 1.00 bits per heavy atom. The van der Waals surface area contributed by atoms with E-state index in [1.165, 1.54) is 28.8 Å². The van der Waals surface area contributed by atoms with Crippen LogP contribution in [0, 0.1) is 19.7 Å². The average molecular weight is 393 g/mol. The molecule has 0 radical (unpaired) electrons. The molecule has 2 heterocycles. The number of carboxylic acids is 1. The molecule has 0 spiro atoms. The summed E-state index contributed by atoms with van der Waals surface area (Å²) in [7, 11) is 0. The fourth-order valence-electron chi connectivity index (χ4n) is 3.15. The number of rotatable bonds is 4. The second-order valence-electron chi connectivity index (χ2n) is 6.57. The summed E-state index contributed by atoms with van der Waals surface area (Å²) >= 11 is 1.68. The lowest BCUT2D eigenvalue weighted by Gasteiger charge is -2.07. The fraction of sp³-hybridized carbons (Fsp3) is 0.0909. The van der Waals surface area contributed by atoms with Gasteiger partial charge in [-0.15, -0.1) is 0 Å². The number of aromatic nitrogens is 1. The zero-order chi connectivity index (χ0) is 19.8. The molecule has 0 fully saturated rings. The lowest BCUT2D eigenvalue weighted by Crippen LogP contribution is -2.00. The summed E-state index contributed by atoms with van der Waals surface area (Å²) in [4.78, 5) is 11.0. The van der Waals surface area contributed by atoms with Crippen molar-refractivity contribution in [2.75, 3.05) is 0 Å². The maximum atomic E-state index is 13.9. The predicted molar refractivity (Wildman–Crippen MR) is 107 cm³/mol. The highest BCUT2D eigenvalue weighted by molar-refractivity contribution is 7.08. The van der Waals surface area contributed by atoms with Crippen molar-refractivity contribution in [3.8, 4) is 33.7 Å². The molecule has 4 nitrogen and oxygen atoms in total. The van der Waals surface area contributed by atoms with Crippen LogP contribution in [0.15, 0.2) is 57.7 Å². The molecule has 2 aromatic carbocycles. The number of hydrogen-bond acceptors (Lipinski definition) is 4. The minimum Gasteiger partial charge on any atom is -0.478 e. The zero-order valence-electron chi connectivity index (χ0n) is 15.2. The second-order valence-corrected chi connectivity index (χ2v) is 7.32. The quantitative estimate of drug-likeness (QED) is 0.449. The number of halogens is 1. The standard InChI is InChI=1S/C22H16FNO3S/c1-12-7-15(4-5-16(12)18-11-28-10-13(18)2)21-9-20(24-27-21)14-3-6-17(22(25)26)19(23)8-14/h3-11H,1-2H3,(H,25,26). The average Bonchev–Trinajstić information content (AvgIpc) is 3.30. The molecule has 0 atom stereocenters. The molecule has 0 bridgehead atoms. The van der Waals surface area contributed by atoms with Crippen LogP contribution in [0.3, 0.4) is 0 Å². The smallest absolute Gasteiger partial charge is 0.338 e. The van der Waals surface area contributed by atoms with Crippen molar-refractivity contribution < 1.29 is 18.8 Å². The molecule has 0 aliphatic carbocycles. The van der Waals surface area contributed by atoms with E-state index in [1.54, 1.807) is 17.4 Å². The first-order valence-corrected chi connectivity index (χ1v) is 9.52. The Labute approximate surface area is 164 Å². The Kier molecular flexibility index (Phi) is 4.57. The summed E-state index contributed by atoms with van der Waals surface area (Å²) < 4.78 is 19.4. The third-order valence-electron chi connectivity index (χ3n) is 4.66. The van der Waals surface area contributed by atoms with E-state index in [0.717, 1.165) is 17.2 Å². The number of benzene rings is 2. The van der Waals surface area contributed by atoms with Gasteiger partial charge in [-0.3, -0.25) is 0 Å². The summed E-state index contributed by atoms with van der Waals surface area (Å²) in [6, 6.07) is 11.7. The van der Waals surface area contributed by atoms with E-state index in [1.807, 2.05) is 19.1 Å². The number of hydrogen-bond donors (Lipinski definition) is 1. The third kappa shape index (κ3) is 3.23. The van der Waals surface area contributed by atoms with Crippen LogP contribution in [0.1, 0.15) is 21.5 Å². The molecule has 0 aliphatic rings. The Balaban J connectivity index is 1.66. The van der Waals surface area contributed by atoms with E-state index in [2.05, 4.69) is 28.9 Å². The molecule has 2 aromatic heterocycles. The monoisotopic (exact) mass is 393 g/mol. The lowest BCUT2D eigenvalue weighted by molar-refractivity contribution is 0.0692. The largest absolute Gasteiger partial charge is 0.478 e. The Bertz CT molecular complexity index is 1190. The van der Waals surface area contributed by atoms with Crippen molar-refractivity contribution in [1.82, 2.24) is 5.16 Å². The molecule has 6 heteroatoms. The molecule has 0 unspecified atom stereocenters. The van der Waals surface area contributed by atoms with Crippen molar-refractivity contribution in [2.45, 2.75) is 13.8 Å². The summed E-state index contributed by atoms with van der Waals surface area (Å²) in [5.74, 6) is -1.54. The van der Waals surface area contributed by atoms with Gasteiger partial charge in [-0.05, 0) is 65.1 Å². The van der Waals surface area contributed by atoms with Crippen LogP contribution in [-0.2, 0) is 0 Å². The SMILES string of the molecule is Cc1cc(-c2cc(-c3ccc(C(=O)O)c(F)c3)no2)ccc1-c1cscc1C. The van der Waals surface area contributed by atoms with Crippen molar-refractivity contribution >= 4 is 17.3 Å². The molecule has 4 aromatic rings. The van der Waals surface area contributed by atoms with E-state index in [-0.39, 0.29) is 5.56 Å². The first kappa shape index (κ1) is 18.1. The fourth-order valence-corrected chi connectivity index (χ4v) is 4.00. The number of aryl methyl sites for hydroxylation is 2. The van der Waals surface area contributed by atoms with Gasteiger partial charge in [-0.2, -0.15) is 11.3 Å². The van der Waals surface area contributed by atoms with Crippen LogP contribution in [0.4, 0.5) is 4.39 Å². The molecule has 0 amide bonds. The molecule has 28 heavy (non-hydrogen) atoms. The maximum Gasteiger partial charge on any atom is 0.338 e. The van der Waals surface area contributed by atoms with Crippen LogP contribution in [0.5, 0.6) is 0 Å². The van der Waals surface area contributed by atoms with E-state index < -0.39 is 11.8 Å². The predicted octanol–water partition coefficient (Wildman–Crippen LogP) is 6.19. The van der Waals surface area contributed by atoms with Crippen molar-refractivity contribution in [3.63, 3.8) is 0 Å². The van der Waals surface area contributed by atoms with Gasteiger partial charge in [0.05, 0.1) is 5.56 Å². The van der Waals surface area contributed by atoms with Crippen molar-refractivity contribution in [2.24, 2.45) is 0 Å². The number of aromatic carboxylic acids is 1. The summed E-state index contributed by atoms with van der Waals surface area (Å²) in [5, 5.41) is 17.2. The van der Waals surface area contributed by atoms with Crippen molar-refractivity contribution in [3.05, 3.63) is 75.7 Å². The summed E-state index contributed by atoms with van der Waals surface area (Å²) in [6.45, 7) is 4.14. The van der Waals surface area contributed by atoms with E-state index in [9.17, 15) is 9.18 Å². The third-order valence-corrected chi connectivity index (χ3v) is 5.52. The normalized spacial score (nSPS) is 11.0. The second kappa shape index (κ2) is 7.05. The van der Waals surface area contributed by atoms with E-state index >= 15 is 0 Å². The minimum absolute atomic E-state index is 0.373. The van der Waals surface area contributed by atoms with Crippen LogP contribution in [-0.4, -0.2) is 16.2 Å². The van der Waals surface area contributed by atoms with Gasteiger partial charge in [0.25, 0.3) is 0 Å². The molecule has 1 N–H and O–H groups in total. The maximum absolute atomic E-state index is 13.9. The highest BCUT2D eigenvalue weighted by Gasteiger charge is 2.15. The number of nitrogens with zero attached hydrogens (tertiary/aromatic N) is 1. The van der Waals surface area contributed by atoms with Gasteiger partial charge >= 0.3 is 5.97 Å².